The SMILES string of the molecule is CN1CCCCC1CNS(=O)(=O)c1cc(Br)c(F)cc1N. The van der Waals surface area contributed by atoms with Gasteiger partial charge in [0, 0.05) is 12.6 Å². The molecule has 1 aliphatic rings. The zero-order valence-electron chi connectivity index (χ0n) is 11.8. The van der Waals surface area contributed by atoms with E-state index in [1.165, 1.54) is 6.07 Å². The molecule has 21 heavy (non-hydrogen) atoms. The summed E-state index contributed by atoms with van der Waals surface area (Å²) in [6.45, 7) is 1.30. The Balaban J connectivity index is 2.13. The molecule has 3 N–H and O–H groups in total. The van der Waals surface area contributed by atoms with Crippen molar-refractivity contribution in [3.8, 4) is 0 Å². The van der Waals surface area contributed by atoms with E-state index in [2.05, 4.69) is 25.6 Å². The molecule has 0 saturated carbocycles. The molecule has 0 bridgehead atoms. The molecule has 1 aromatic carbocycles. The zero-order chi connectivity index (χ0) is 15.6. The Hall–Kier alpha value is -0.700. The lowest BCUT2D eigenvalue weighted by Gasteiger charge is -2.32. The standard InChI is InChI=1S/C13H19BrFN3O2S/c1-18-5-3-2-4-9(18)8-17-21(19,20)13-6-10(14)11(15)7-12(13)16/h6-7,9,17H,2-5,8,16H2,1H3. The third-order valence-electron chi connectivity index (χ3n) is 3.77. The van der Waals surface area contributed by atoms with Gasteiger partial charge in [0.2, 0.25) is 10.0 Å². The third kappa shape index (κ3) is 3.94. The fourth-order valence-corrected chi connectivity index (χ4v) is 4.17. The summed E-state index contributed by atoms with van der Waals surface area (Å²) in [5.41, 5.74) is 5.52. The van der Waals surface area contributed by atoms with Crippen LogP contribution >= 0.6 is 15.9 Å². The predicted molar refractivity (Wildman–Crippen MR) is 84.0 cm³/mol. The van der Waals surface area contributed by atoms with Gasteiger partial charge in [0.25, 0.3) is 0 Å². The van der Waals surface area contributed by atoms with Crippen LogP contribution in [0.25, 0.3) is 0 Å². The summed E-state index contributed by atoms with van der Waals surface area (Å²) < 4.78 is 40.6. The fourth-order valence-electron chi connectivity index (χ4n) is 2.46. The first-order chi connectivity index (χ1) is 9.81. The predicted octanol–water partition coefficient (Wildman–Crippen LogP) is 1.93. The summed E-state index contributed by atoms with van der Waals surface area (Å²) in [7, 11) is -1.76. The van der Waals surface area contributed by atoms with E-state index < -0.39 is 15.8 Å². The first-order valence-corrected chi connectivity index (χ1v) is 9.03. The first kappa shape index (κ1) is 16.7. The third-order valence-corrected chi connectivity index (χ3v) is 5.86. The number of anilines is 1. The van der Waals surface area contributed by atoms with E-state index in [0.717, 1.165) is 31.9 Å². The van der Waals surface area contributed by atoms with Crippen LogP contribution in [0.1, 0.15) is 19.3 Å². The van der Waals surface area contributed by atoms with Crippen LogP contribution in [-0.4, -0.2) is 39.5 Å². The molecule has 1 atom stereocenters. The molecule has 1 aliphatic heterocycles. The van der Waals surface area contributed by atoms with Crippen molar-refractivity contribution in [2.24, 2.45) is 0 Å². The highest BCUT2D eigenvalue weighted by Gasteiger charge is 2.24. The van der Waals surface area contributed by atoms with E-state index in [1.807, 2.05) is 7.05 Å². The minimum atomic E-state index is -3.75. The summed E-state index contributed by atoms with van der Waals surface area (Å²) >= 11 is 2.98. The Morgan fingerprint density at radius 3 is 2.86 bits per heavy atom. The molecular weight excluding hydrogens is 361 g/mol. The largest absolute Gasteiger partial charge is 0.398 e. The molecule has 0 spiro atoms. The highest BCUT2D eigenvalue weighted by Crippen LogP contribution is 2.26. The van der Waals surface area contributed by atoms with Crippen molar-refractivity contribution in [2.75, 3.05) is 25.9 Å². The number of rotatable bonds is 4. The van der Waals surface area contributed by atoms with E-state index in [1.54, 1.807) is 0 Å². The summed E-state index contributed by atoms with van der Waals surface area (Å²) in [6.07, 6.45) is 3.19. The molecule has 1 saturated heterocycles. The Kier molecular flexibility index (Phi) is 5.24. The molecule has 0 aliphatic carbocycles. The van der Waals surface area contributed by atoms with Crippen LogP contribution in [0.3, 0.4) is 0 Å². The molecule has 1 heterocycles. The van der Waals surface area contributed by atoms with Crippen LogP contribution in [0, 0.1) is 5.82 Å². The van der Waals surface area contributed by atoms with E-state index in [-0.39, 0.29) is 21.1 Å². The van der Waals surface area contributed by atoms with Crippen LogP contribution in [0.5, 0.6) is 0 Å². The van der Waals surface area contributed by atoms with Crippen molar-refractivity contribution in [3.63, 3.8) is 0 Å². The highest BCUT2D eigenvalue weighted by molar-refractivity contribution is 9.10. The zero-order valence-corrected chi connectivity index (χ0v) is 14.2. The number of nitrogens with one attached hydrogen (secondary N) is 1. The maximum absolute atomic E-state index is 13.3. The second-order valence-electron chi connectivity index (χ2n) is 5.29. The van der Waals surface area contributed by atoms with E-state index >= 15 is 0 Å². The molecule has 1 unspecified atom stereocenters. The Morgan fingerprint density at radius 1 is 1.48 bits per heavy atom. The van der Waals surface area contributed by atoms with Gasteiger partial charge >= 0.3 is 0 Å². The minimum absolute atomic E-state index is 0.0758. The number of nitrogens with two attached hydrogens (primary N) is 1. The van der Waals surface area contributed by atoms with Crippen LogP contribution in [0.2, 0.25) is 0 Å². The number of sulfonamides is 1. The quantitative estimate of drug-likeness (QED) is 0.783. The van der Waals surface area contributed by atoms with Crippen LogP contribution in [-0.2, 0) is 10.0 Å². The van der Waals surface area contributed by atoms with Crippen molar-refractivity contribution >= 4 is 31.6 Å². The van der Waals surface area contributed by atoms with Crippen molar-refractivity contribution in [2.45, 2.75) is 30.2 Å². The number of piperidine rings is 1. The molecule has 1 fully saturated rings. The Labute approximate surface area is 132 Å². The average Bonchev–Trinajstić information content (AvgIpc) is 2.42. The maximum atomic E-state index is 13.3. The van der Waals surface area contributed by atoms with Crippen LogP contribution < -0.4 is 10.5 Å². The van der Waals surface area contributed by atoms with Gasteiger partial charge in [0.05, 0.1) is 10.2 Å². The lowest BCUT2D eigenvalue weighted by molar-refractivity contribution is 0.187. The summed E-state index contributed by atoms with van der Waals surface area (Å²) in [5.74, 6) is -0.585. The van der Waals surface area contributed by atoms with E-state index in [9.17, 15) is 12.8 Å². The number of hydrogen-bond donors (Lipinski definition) is 2. The molecule has 2 rings (SSSR count). The smallest absolute Gasteiger partial charge is 0.242 e. The number of nitrogens with zero attached hydrogens (tertiary/aromatic N) is 1. The maximum Gasteiger partial charge on any atom is 0.242 e. The van der Waals surface area contributed by atoms with Gasteiger partial charge in [0.15, 0.2) is 0 Å². The molecule has 0 radical (unpaired) electrons. The second-order valence-corrected chi connectivity index (χ2v) is 7.88. The monoisotopic (exact) mass is 379 g/mol. The van der Waals surface area contributed by atoms with Crippen LogP contribution in [0.15, 0.2) is 21.5 Å². The van der Waals surface area contributed by atoms with Gasteiger partial charge in [-0.2, -0.15) is 0 Å². The second kappa shape index (κ2) is 6.60. The fraction of sp³-hybridized carbons (Fsp3) is 0.538. The molecule has 118 valence electrons. The Bertz CT molecular complexity index is 624. The number of likely N-dealkylation sites (N-methyl/N-ethyl adjacent to an activating group) is 1. The highest BCUT2D eigenvalue weighted by atomic mass is 79.9. The van der Waals surface area contributed by atoms with E-state index in [0.29, 0.717) is 6.54 Å². The summed E-state index contributed by atoms with van der Waals surface area (Å²) in [4.78, 5) is 2.05. The number of halogens is 2. The topological polar surface area (TPSA) is 75.4 Å². The van der Waals surface area contributed by atoms with Gasteiger partial charge in [-0.3, -0.25) is 0 Å². The van der Waals surface area contributed by atoms with Gasteiger partial charge in [-0.15, -0.1) is 0 Å². The Morgan fingerprint density at radius 2 is 2.19 bits per heavy atom. The van der Waals surface area contributed by atoms with Gasteiger partial charge < -0.3 is 10.6 Å². The van der Waals surface area contributed by atoms with E-state index in [4.69, 9.17) is 5.73 Å². The summed E-state index contributed by atoms with van der Waals surface area (Å²) in [5, 5.41) is 0. The number of likely N-dealkylation sites (tertiary alicyclic amines) is 1. The van der Waals surface area contributed by atoms with Gasteiger partial charge in [-0.05, 0) is 54.5 Å². The lowest BCUT2D eigenvalue weighted by Crippen LogP contribution is -2.44. The van der Waals surface area contributed by atoms with Crippen molar-refractivity contribution in [3.05, 3.63) is 22.4 Å². The minimum Gasteiger partial charge on any atom is -0.398 e. The van der Waals surface area contributed by atoms with Gasteiger partial charge in [-0.1, -0.05) is 6.42 Å². The summed E-state index contributed by atoms with van der Waals surface area (Å²) in [6, 6.07) is 2.38. The van der Waals surface area contributed by atoms with Crippen molar-refractivity contribution < 1.29 is 12.8 Å². The number of hydrogen-bond acceptors (Lipinski definition) is 4. The molecule has 0 aromatic heterocycles. The first-order valence-electron chi connectivity index (χ1n) is 6.75. The molecule has 8 heteroatoms. The molecule has 5 nitrogen and oxygen atoms in total. The number of nitrogen functional groups attached to an aromatic ring is 1. The lowest BCUT2D eigenvalue weighted by atomic mass is 10.0. The average molecular weight is 380 g/mol. The number of benzene rings is 1. The molecule has 0 amide bonds. The molecular formula is C13H19BrFN3O2S. The normalized spacial score (nSPS) is 20.6. The van der Waals surface area contributed by atoms with Crippen molar-refractivity contribution in [1.82, 2.24) is 9.62 Å². The van der Waals surface area contributed by atoms with Gasteiger partial charge in [0.1, 0.15) is 10.7 Å². The van der Waals surface area contributed by atoms with Crippen LogP contribution in [0.4, 0.5) is 10.1 Å². The molecule has 1 aromatic rings. The van der Waals surface area contributed by atoms with Crippen molar-refractivity contribution in [1.29, 1.82) is 0 Å². The van der Waals surface area contributed by atoms with Gasteiger partial charge in [-0.25, -0.2) is 17.5 Å².